The highest BCUT2D eigenvalue weighted by Gasteiger charge is 2.14. The molecule has 0 spiro atoms. The molecule has 1 unspecified atom stereocenters. The molecule has 15 heavy (non-hydrogen) atoms. The zero-order valence-electron chi connectivity index (χ0n) is 8.39. The first-order chi connectivity index (χ1) is 7.36. The van der Waals surface area contributed by atoms with Gasteiger partial charge in [0.05, 0.1) is 6.20 Å². The maximum Gasteiger partial charge on any atom is 0.235 e. The summed E-state index contributed by atoms with van der Waals surface area (Å²) in [6.07, 6.45) is 9.66. The molecule has 1 atom stereocenters. The molecule has 3 nitrogen and oxygen atoms in total. The molecule has 1 aromatic rings. The third kappa shape index (κ3) is 2.60. The summed E-state index contributed by atoms with van der Waals surface area (Å²) in [5.74, 6) is 0.0885. The number of quaternary nitrogens is 1. The molecule has 0 bridgehead atoms. The molecule has 1 aliphatic heterocycles. The summed E-state index contributed by atoms with van der Waals surface area (Å²) in [5.41, 5.74) is 0.549. The SMILES string of the molecule is O=C(C[NH+]1C=CC=CC1)c1ccccn1. The van der Waals surface area contributed by atoms with Crippen molar-refractivity contribution in [3.63, 3.8) is 0 Å². The van der Waals surface area contributed by atoms with Crippen LogP contribution in [-0.4, -0.2) is 23.9 Å². The number of rotatable bonds is 3. The number of carbonyl (C=O) groups excluding carboxylic acids is 1. The lowest BCUT2D eigenvalue weighted by molar-refractivity contribution is -0.831. The quantitative estimate of drug-likeness (QED) is 0.710. The monoisotopic (exact) mass is 201 g/mol. The number of hydrogen-bond donors (Lipinski definition) is 1. The number of ketones is 1. The Morgan fingerprint density at radius 3 is 3.00 bits per heavy atom. The first kappa shape index (κ1) is 9.80. The molecule has 0 radical (unpaired) electrons. The average molecular weight is 201 g/mol. The molecule has 1 aliphatic rings. The van der Waals surface area contributed by atoms with Gasteiger partial charge in [0.2, 0.25) is 5.78 Å². The molecule has 0 aromatic carbocycles. The maximum atomic E-state index is 11.8. The average Bonchev–Trinajstić information content (AvgIpc) is 2.31. The fraction of sp³-hybridized carbons (Fsp3) is 0.167. The Hall–Kier alpha value is -1.74. The van der Waals surface area contributed by atoms with Gasteiger partial charge in [-0.15, -0.1) is 0 Å². The van der Waals surface area contributed by atoms with Crippen LogP contribution in [0, 0.1) is 0 Å². The fourth-order valence-corrected chi connectivity index (χ4v) is 1.51. The van der Waals surface area contributed by atoms with Crippen molar-refractivity contribution in [2.45, 2.75) is 0 Å². The largest absolute Gasteiger partial charge is 0.299 e. The summed E-state index contributed by atoms with van der Waals surface area (Å²) in [7, 11) is 0. The predicted octanol–water partition coefficient (Wildman–Crippen LogP) is 0.233. The van der Waals surface area contributed by atoms with Crippen LogP contribution in [0.4, 0.5) is 0 Å². The molecule has 0 amide bonds. The smallest absolute Gasteiger partial charge is 0.235 e. The third-order valence-corrected chi connectivity index (χ3v) is 2.30. The van der Waals surface area contributed by atoms with Crippen LogP contribution in [0.1, 0.15) is 10.5 Å². The van der Waals surface area contributed by atoms with Gasteiger partial charge in [-0.3, -0.25) is 14.7 Å². The lowest BCUT2D eigenvalue weighted by Gasteiger charge is -2.13. The van der Waals surface area contributed by atoms with Gasteiger partial charge in [0.25, 0.3) is 0 Å². The summed E-state index contributed by atoms with van der Waals surface area (Å²) in [6.45, 7) is 1.34. The molecule has 1 aromatic heterocycles. The number of nitrogens with one attached hydrogen (secondary N) is 1. The minimum atomic E-state index is 0.0885. The van der Waals surface area contributed by atoms with E-state index in [2.05, 4.69) is 11.1 Å². The van der Waals surface area contributed by atoms with E-state index in [1.807, 2.05) is 30.5 Å². The third-order valence-electron chi connectivity index (χ3n) is 2.30. The minimum Gasteiger partial charge on any atom is -0.299 e. The van der Waals surface area contributed by atoms with Gasteiger partial charge in [0.15, 0.2) is 0 Å². The molecular weight excluding hydrogens is 188 g/mol. The van der Waals surface area contributed by atoms with Gasteiger partial charge in [-0.05, 0) is 24.3 Å². The minimum absolute atomic E-state index is 0.0885. The van der Waals surface area contributed by atoms with Gasteiger partial charge in [0, 0.05) is 6.20 Å². The number of Topliss-reactive ketones (excluding diaryl/α,β-unsaturated/α-hetero) is 1. The van der Waals surface area contributed by atoms with Gasteiger partial charge in [-0.1, -0.05) is 12.1 Å². The van der Waals surface area contributed by atoms with Crippen LogP contribution in [0.5, 0.6) is 0 Å². The molecule has 0 saturated carbocycles. The fourth-order valence-electron chi connectivity index (χ4n) is 1.51. The van der Waals surface area contributed by atoms with Crippen LogP contribution in [-0.2, 0) is 0 Å². The zero-order chi connectivity index (χ0) is 10.5. The summed E-state index contributed by atoms with van der Waals surface area (Å²) in [6, 6.07) is 5.40. The second-order valence-electron chi connectivity index (χ2n) is 3.46. The second kappa shape index (κ2) is 4.66. The predicted molar refractivity (Wildman–Crippen MR) is 57.5 cm³/mol. The van der Waals surface area contributed by atoms with Crippen molar-refractivity contribution < 1.29 is 9.69 Å². The van der Waals surface area contributed by atoms with Gasteiger partial charge in [-0.25, -0.2) is 0 Å². The van der Waals surface area contributed by atoms with E-state index in [9.17, 15) is 4.79 Å². The zero-order valence-corrected chi connectivity index (χ0v) is 8.39. The molecule has 3 heteroatoms. The number of hydrogen-bond acceptors (Lipinski definition) is 2. The standard InChI is InChI=1S/C12H12N2O/c15-12(11-6-2-3-7-13-11)10-14-8-4-1-5-9-14/h1-8H,9-10H2/p+1. The summed E-state index contributed by atoms with van der Waals surface area (Å²) in [4.78, 5) is 17.0. The normalized spacial score (nSPS) is 19.1. The Morgan fingerprint density at radius 1 is 1.40 bits per heavy atom. The van der Waals surface area contributed by atoms with Crippen molar-refractivity contribution >= 4 is 5.78 Å². The van der Waals surface area contributed by atoms with E-state index >= 15 is 0 Å². The molecule has 2 heterocycles. The van der Waals surface area contributed by atoms with E-state index in [-0.39, 0.29) is 5.78 Å². The molecule has 0 aliphatic carbocycles. The van der Waals surface area contributed by atoms with E-state index in [1.54, 1.807) is 12.3 Å². The van der Waals surface area contributed by atoms with Crippen LogP contribution < -0.4 is 4.90 Å². The van der Waals surface area contributed by atoms with Gasteiger partial charge in [-0.2, -0.15) is 0 Å². The summed E-state index contributed by atoms with van der Waals surface area (Å²) < 4.78 is 0. The van der Waals surface area contributed by atoms with Crippen molar-refractivity contribution in [2.75, 3.05) is 13.1 Å². The maximum absolute atomic E-state index is 11.8. The number of pyridine rings is 1. The topological polar surface area (TPSA) is 34.4 Å². The Kier molecular flexibility index (Phi) is 3.05. The number of nitrogens with zero attached hydrogens (tertiary/aromatic N) is 1. The van der Waals surface area contributed by atoms with Crippen LogP contribution in [0.3, 0.4) is 0 Å². The van der Waals surface area contributed by atoms with Crippen molar-refractivity contribution in [1.29, 1.82) is 0 Å². The van der Waals surface area contributed by atoms with E-state index in [1.165, 1.54) is 0 Å². The van der Waals surface area contributed by atoms with Gasteiger partial charge in [0.1, 0.15) is 18.8 Å². The van der Waals surface area contributed by atoms with Crippen LogP contribution in [0.25, 0.3) is 0 Å². The summed E-state index contributed by atoms with van der Waals surface area (Å²) >= 11 is 0. The number of allylic oxidation sites excluding steroid dienone is 2. The Labute approximate surface area is 88.7 Å². The van der Waals surface area contributed by atoms with E-state index in [0.29, 0.717) is 12.2 Å². The van der Waals surface area contributed by atoms with Crippen LogP contribution in [0.2, 0.25) is 0 Å². The van der Waals surface area contributed by atoms with E-state index in [4.69, 9.17) is 0 Å². The molecular formula is C12H13N2O+. The highest BCUT2D eigenvalue weighted by molar-refractivity contribution is 5.94. The lowest BCUT2D eigenvalue weighted by Crippen LogP contribution is -3.08. The number of aromatic nitrogens is 1. The Bertz CT molecular complexity index is 395. The van der Waals surface area contributed by atoms with Crippen molar-refractivity contribution in [2.24, 2.45) is 0 Å². The van der Waals surface area contributed by atoms with Crippen molar-refractivity contribution in [3.8, 4) is 0 Å². The Morgan fingerprint density at radius 2 is 2.33 bits per heavy atom. The van der Waals surface area contributed by atoms with Crippen molar-refractivity contribution in [3.05, 3.63) is 54.5 Å². The highest BCUT2D eigenvalue weighted by Crippen LogP contribution is 1.93. The molecule has 1 N–H and O–H groups in total. The molecule has 0 fully saturated rings. The first-order valence-electron chi connectivity index (χ1n) is 4.98. The van der Waals surface area contributed by atoms with Crippen molar-refractivity contribution in [1.82, 2.24) is 4.98 Å². The number of carbonyl (C=O) groups is 1. The van der Waals surface area contributed by atoms with Gasteiger partial charge < -0.3 is 0 Å². The van der Waals surface area contributed by atoms with Gasteiger partial charge >= 0.3 is 0 Å². The van der Waals surface area contributed by atoms with Crippen LogP contribution in [0.15, 0.2) is 48.8 Å². The van der Waals surface area contributed by atoms with E-state index < -0.39 is 0 Å². The molecule has 0 saturated heterocycles. The second-order valence-corrected chi connectivity index (χ2v) is 3.46. The molecule has 2 rings (SSSR count). The van der Waals surface area contributed by atoms with E-state index in [0.717, 1.165) is 11.4 Å². The Balaban J connectivity index is 1.98. The lowest BCUT2D eigenvalue weighted by atomic mass is 10.2. The first-order valence-corrected chi connectivity index (χ1v) is 4.98. The molecule has 76 valence electrons. The van der Waals surface area contributed by atoms with Crippen LogP contribution >= 0.6 is 0 Å². The highest BCUT2D eigenvalue weighted by atomic mass is 16.1. The summed E-state index contributed by atoms with van der Waals surface area (Å²) in [5, 5.41) is 0.